The maximum Gasteiger partial charge on any atom is 0.315 e. The SMILES string of the molecule is CCCNc1cccc(NCc2ccsc2)c1[N+](=O)[O-]. The van der Waals surface area contributed by atoms with Crippen LogP contribution in [-0.2, 0) is 6.54 Å². The number of hydrogen-bond acceptors (Lipinski definition) is 5. The molecule has 0 atom stereocenters. The Bertz CT molecular complexity index is 570. The lowest BCUT2D eigenvalue weighted by atomic mass is 10.2. The molecule has 5 nitrogen and oxygen atoms in total. The van der Waals surface area contributed by atoms with Crippen LogP contribution in [0.4, 0.5) is 17.1 Å². The van der Waals surface area contributed by atoms with Crippen LogP contribution < -0.4 is 10.6 Å². The van der Waals surface area contributed by atoms with Gasteiger partial charge in [0.2, 0.25) is 0 Å². The minimum absolute atomic E-state index is 0.108. The number of thiophene rings is 1. The van der Waals surface area contributed by atoms with Crippen LogP contribution in [0.15, 0.2) is 35.0 Å². The minimum Gasteiger partial charge on any atom is -0.379 e. The van der Waals surface area contributed by atoms with Crippen molar-refractivity contribution in [3.8, 4) is 0 Å². The molecule has 0 amide bonds. The first-order valence-electron chi connectivity index (χ1n) is 6.48. The van der Waals surface area contributed by atoms with Gasteiger partial charge in [0.25, 0.3) is 0 Å². The van der Waals surface area contributed by atoms with Gasteiger partial charge in [-0.25, -0.2) is 0 Å². The summed E-state index contributed by atoms with van der Waals surface area (Å²) < 4.78 is 0. The van der Waals surface area contributed by atoms with Crippen molar-refractivity contribution in [2.24, 2.45) is 0 Å². The van der Waals surface area contributed by atoms with Crippen molar-refractivity contribution < 1.29 is 4.92 Å². The maximum atomic E-state index is 11.3. The summed E-state index contributed by atoms with van der Waals surface area (Å²) in [5.74, 6) is 0. The van der Waals surface area contributed by atoms with Crippen molar-refractivity contribution in [2.75, 3.05) is 17.2 Å². The Morgan fingerprint density at radius 2 is 2.00 bits per heavy atom. The number of anilines is 2. The predicted molar refractivity (Wildman–Crippen MR) is 83.5 cm³/mol. The summed E-state index contributed by atoms with van der Waals surface area (Å²) >= 11 is 1.61. The van der Waals surface area contributed by atoms with Crippen LogP contribution >= 0.6 is 11.3 Å². The molecule has 2 N–H and O–H groups in total. The third kappa shape index (κ3) is 3.48. The van der Waals surface area contributed by atoms with Crippen LogP contribution in [0.5, 0.6) is 0 Å². The van der Waals surface area contributed by atoms with E-state index in [1.54, 1.807) is 23.5 Å². The normalized spacial score (nSPS) is 10.2. The number of nitro groups is 1. The Labute approximate surface area is 121 Å². The molecule has 0 aliphatic carbocycles. The van der Waals surface area contributed by atoms with E-state index in [0.717, 1.165) is 18.5 Å². The highest BCUT2D eigenvalue weighted by atomic mass is 32.1. The number of nitro benzene ring substituents is 1. The van der Waals surface area contributed by atoms with E-state index in [1.165, 1.54) is 0 Å². The Morgan fingerprint density at radius 1 is 1.25 bits per heavy atom. The lowest BCUT2D eigenvalue weighted by molar-refractivity contribution is -0.383. The second-order valence-corrected chi connectivity index (χ2v) is 5.15. The highest BCUT2D eigenvalue weighted by Gasteiger charge is 2.19. The lowest BCUT2D eigenvalue weighted by Crippen LogP contribution is -2.07. The molecule has 1 aromatic heterocycles. The summed E-state index contributed by atoms with van der Waals surface area (Å²) in [6, 6.07) is 7.30. The fourth-order valence-corrected chi connectivity index (χ4v) is 2.54. The number of nitrogens with one attached hydrogen (secondary N) is 2. The molecule has 1 heterocycles. The van der Waals surface area contributed by atoms with E-state index >= 15 is 0 Å². The van der Waals surface area contributed by atoms with Crippen molar-refractivity contribution in [1.82, 2.24) is 0 Å². The zero-order chi connectivity index (χ0) is 14.4. The number of nitrogens with zero attached hydrogens (tertiary/aromatic N) is 1. The molecule has 0 radical (unpaired) electrons. The smallest absolute Gasteiger partial charge is 0.315 e. The van der Waals surface area contributed by atoms with Crippen molar-refractivity contribution in [2.45, 2.75) is 19.9 Å². The molecule has 0 fully saturated rings. The van der Waals surface area contributed by atoms with Gasteiger partial charge in [0, 0.05) is 13.1 Å². The van der Waals surface area contributed by atoms with Crippen molar-refractivity contribution in [3.63, 3.8) is 0 Å². The van der Waals surface area contributed by atoms with Crippen molar-refractivity contribution >= 4 is 28.4 Å². The van der Waals surface area contributed by atoms with E-state index in [0.29, 0.717) is 17.9 Å². The number of rotatable bonds is 7. The monoisotopic (exact) mass is 291 g/mol. The number of benzene rings is 1. The van der Waals surface area contributed by atoms with Crippen LogP contribution in [0, 0.1) is 10.1 Å². The molecule has 2 rings (SSSR count). The van der Waals surface area contributed by atoms with E-state index in [2.05, 4.69) is 10.6 Å². The quantitative estimate of drug-likeness (QED) is 0.595. The van der Waals surface area contributed by atoms with Crippen LogP contribution in [0.3, 0.4) is 0 Å². The second-order valence-electron chi connectivity index (χ2n) is 4.37. The zero-order valence-electron chi connectivity index (χ0n) is 11.3. The van der Waals surface area contributed by atoms with Gasteiger partial charge in [0.1, 0.15) is 11.4 Å². The Balaban J connectivity index is 2.20. The molecule has 0 saturated heterocycles. The minimum atomic E-state index is -0.339. The van der Waals surface area contributed by atoms with E-state index in [9.17, 15) is 10.1 Å². The molecule has 0 bridgehead atoms. The average molecular weight is 291 g/mol. The van der Waals surface area contributed by atoms with Gasteiger partial charge in [-0.15, -0.1) is 0 Å². The molecule has 0 aliphatic heterocycles. The Morgan fingerprint density at radius 3 is 2.60 bits per heavy atom. The van der Waals surface area contributed by atoms with Crippen LogP contribution in [-0.4, -0.2) is 11.5 Å². The summed E-state index contributed by atoms with van der Waals surface area (Å²) in [5, 5.41) is 21.5. The van der Waals surface area contributed by atoms with E-state index in [-0.39, 0.29) is 10.6 Å². The third-order valence-corrected chi connectivity index (χ3v) is 3.58. The van der Waals surface area contributed by atoms with Gasteiger partial charge in [-0.1, -0.05) is 13.0 Å². The van der Waals surface area contributed by atoms with E-state index in [1.807, 2.05) is 29.8 Å². The predicted octanol–water partition coefficient (Wildman–Crippen LogP) is 4.09. The molecule has 0 saturated carbocycles. The lowest BCUT2D eigenvalue weighted by Gasteiger charge is -2.10. The van der Waals surface area contributed by atoms with Crippen LogP contribution in [0.2, 0.25) is 0 Å². The van der Waals surface area contributed by atoms with Gasteiger partial charge >= 0.3 is 5.69 Å². The van der Waals surface area contributed by atoms with Gasteiger partial charge in [0.05, 0.1) is 4.92 Å². The average Bonchev–Trinajstić information content (AvgIpc) is 2.95. The van der Waals surface area contributed by atoms with Gasteiger partial charge in [-0.05, 0) is 40.9 Å². The van der Waals surface area contributed by atoms with E-state index < -0.39 is 0 Å². The summed E-state index contributed by atoms with van der Waals surface area (Å²) in [6.07, 6.45) is 0.920. The number of para-hydroxylation sites is 1. The van der Waals surface area contributed by atoms with Gasteiger partial charge in [-0.2, -0.15) is 11.3 Å². The van der Waals surface area contributed by atoms with Gasteiger partial charge in [-0.3, -0.25) is 10.1 Å². The maximum absolute atomic E-state index is 11.3. The molecule has 20 heavy (non-hydrogen) atoms. The molecule has 0 spiro atoms. The summed E-state index contributed by atoms with van der Waals surface area (Å²) in [6.45, 7) is 3.33. The Hall–Kier alpha value is -2.08. The van der Waals surface area contributed by atoms with Gasteiger partial charge in [0.15, 0.2) is 0 Å². The molecule has 0 aliphatic rings. The highest BCUT2D eigenvalue weighted by Crippen LogP contribution is 2.33. The molecular formula is C14H17N3O2S. The standard InChI is InChI=1S/C14H17N3O2S/c1-2-7-15-12-4-3-5-13(14(12)17(18)19)16-9-11-6-8-20-10-11/h3-6,8,10,15-16H,2,7,9H2,1H3. The second kappa shape index (κ2) is 6.91. The molecule has 0 unspecified atom stereocenters. The molecule has 6 heteroatoms. The van der Waals surface area contributed by atoms with Crippen LogP contribution in [0.25, 0.3) is 0 Å². The summed E-state index contributed by atoms with van der Waals surface area (Å²) in [4.78, 5) is 11.0. The first kappa shape index (κ1) is 14.3. The zero-order valence-corrected chi connectivity index (χ0v) is 12.1. The fraction of sp³-hybridized carbons (Fsp3) is 0.286. The summed E-state index contributed by atoms with van der Waals surface area (Å²) in [7, 11) is 0. The largest absolute Gasteiger partial charge is 0.379 e. The first-order valence-corrected chi connectivity index (χ1v) is 7.43. The third-order valence-electron chi connectivity index (χ3n) is 2.85. The molecule has 106 valence electrons. The molecule has 2 aromatic rings. The number of hydrogen-bond donors (Lipinski definition) is 2. The van der Waals surface area contributed by atoms with Crippen LogP contribution in [0.1, 0.15) is 18.9 Å². The van der Waals surface area contributed by atoms with Crippen molar-refractivity contribution in [3.05, 3.63) is 50.7 Å². The van der Waals surface area contributed by atoms with Gasteiger partial charge < -0.3 is 10.6 Å². The molecule has 1 aromatic carbocycles. The Kier molecular flexibility index (Phi) is 4.95. The highest BCUT2D eigenvalue weighted by molar-refractivity contribution is 7.07. The molecular weight excluding hydrogens is 274 g/mol. The fourth-order valence-electron chi connectivity index (χ4n) is 1.88. The van der Waals surface area contributed by atoms with Crippen molar-refractivity contribution in [1.29, 1.82) is 0 Å². The summed E-state index contributed by atoms with van der Waals surface area (Å²) in [5.41, 5.74) is 2.34. The van der Waals surface area contributed by atoms with E-state index in [4.69, 9.17) is 0 Å². The topological polar surface area (TPSA) is 67.2 Å². The first-order chi connectivity index (χ1) is 9.72.